The van der Waals surface area contributed by atoms with Gasteiger partial charge in [-0.15, -0.1) is 23.2 Å². The van der Waals surface area contributed by atoms with Crippen molar-refractivity contribution in [3.63, 3.8) is 0 Å². The van der Waals surface area contributed by atoms with Crippen LogP contribution < -0.4 is 0 Å². The van der Waals surface area contributed by atoms with Gasteiger partial charge in [0.25, 0.3) is 0 Å². The van der Waals surface area contributed by atoms with E-state index >= 15 is 0 Å². The predicted octanol–water partition coefficient (Wildman–Crippen LogP) is 4.51. The lowest BCUT2D eigenvalue weighted by molar-refractivity contribution is 0.256. The molecule has 0 saturated carbocycles. The normalized spacial score (nSPS) is 12.1. The van der Waals surface area contributed by atoms with Gasteiger partial charge in [0.2, 0.25) is 0 Å². The molecule has 0 aliphatic heterocycles. The number of rotatable bonds is 5. The Kier molecular flexibility index (Phi) is 5.55. The minimum Gasteiger partial charge on any atom is -0.260 e. The summed E-state index contributed by atoms with van der Waals surface area (Å²) < 4.78 is 0.989. The van der Waals surface area contributed by atoms with Gasteiger partial charge in [-0.2, -0.15) is 0 Å². The van der Waals surface area contributed by atoms with Crippen LogP contribution in [0.2, 0.25) is 0 Å². The van der Waals surface area contributed by atoms with Gasteiger partial charge in [0.05, 0.1) is 0 Å². The van der Waals surface area contributed by atoms with Gasteiger partial charge in [-0.05, 0) is 40.4 Å². The number of hydrogen-bond donors (Lipinski definition) is 0. The van der Waals surface area contributed by atoms with Crippen molar-refractivity contribution in [3.05, 3.63) is 28.5 Å². The largest absolute Gasteiger partial charge is 0.260 e. The Morgan fingerprint density at radius 3 is 2.31 bits per heavy atom. The van der Waals surface area contributed by atoms with Crippen LogP contribution in [0, 0.1) is 11.3 Å². The summed E-state index contributed by atoms with van der Waals surface area (Å²) in [6, 6.07) is 4.01. The van der Waals surface area contributed by atoms with Gasteiger partial charge in [-0.3, -0.25) is 4.98 Å². The molecule has 0 unspecified atom stereocenters. The zero-order valence-corrected chi connectivity index (χ0v) is 12.6. The Bertz CT molecular complexity index is 320. The summed E-state index contributed by atoms with van der Waals surface area (Å²) in [4.78, 5) is 4.38. The van der Waals surface area contributed by atoms with Crippen LogP contribution in [0.25, 0.3) is 0 Å². The first-order chi connectivity index (χ1) is 7.54. The third-order valence-corrected chi connectivity index (χ3v) is 4.61. The SMILES string of the molecule is CC(C)C(CCl)(CCl)Cc1ccc(Br)cn1. The fourth-order valence-electron chi connectivity index (χ4n) is 1.51. The van der Waals surface area contributed by atoms with Gasteiger partial charge < -0.3 is 0 Å². The molecule has 0 bridgehead atoms. The van der Waals surface area contributed by atoms with Crippen LogP contribution in [0.3, 0.4) is 0 Å². The number of halogens is 3. The number of pyridine rings is 1. The van der Waals surface area contributed by atoms with Crippen molar-refractivity contribution >= 4 is 39.1 Å². The monoisotopic (exact) mass is 323 g/mol. The summed E-state index contributed by atoms with van der Waals surface area (Å²) in [5.41, 5.74) is 0.974. The lowest BCUT2D eigenvalue weighted by Gasteiger charge is -2.33. The fraction of sp³-hybridized carbons (Fsp3) is 0.583. The molecule has 1 heterocycles. The Hall–Kier alpha value is 0.210. The van der Waals surface area contributed by atoms with Crippen molar-refractivity contribution in [2.75, 3.05) is 11.8 Å². The van der Waals surface area contributed by atoms with Crippen molar-refractivity contribution in [3.8, 4) is 0 Å². The minimum absolute atomic E-state index is 0.0655. The second-order valence-corrected chi connectivity index (χ2v) is 5.88. The smallest absolute Gasteiger partial charge is 0.0413 e. The number of aromatic nitrogens is 1. The molecule has 4 heteroatoms. The molecular formula is C12H16BrCl2N. The van der Waals surface area contributed by atoms with Crippen LogP contribution in [-0.4, -0.2) is 16.7 Å². The summed E-state index contributed by atoms with van der Waals surface area (Å²) in [6.07, 6.45) is 2.63. The maximum absolute atomic E-state index is 6.08. The third kappa shape index (κ3) is 3.35. The molecule has 0 aromatic carbocycles. The average molecular weight is 325 g/mol. The van der Waals surface area contributed by atoms with Crippen molar-refractivity contribution in [2.45, 2.75) is 20.3 Å². The van der Waals surface area contributed by atoms with Gasteiger partial charge >= 0.3 is 0 Å². The second-order valence-electron chi connectivity index (χ2n) is 4.43. The zero-order chi connectivity index (χ0) is 12.2. The van der Waals surface area contributed by atoms with Crippen LogP contribution in [0.4, 0.5) is 0 Å². The quantitative estimate of drug-likeness (QED) is 0.726. The highest BCUT2D eigenvalue weighted by Gasteiger charge is 2.32. The molecule has 0 spiro atoms. The highest BCUT2D eigenvalue weighted by Crippen LogP contribution is 2.34. The molecule has 1 rings (SSSR count). The standard InChI is InChI=1S/C12H16BrCl2N/c1-9(2)12(7-14,8-15)5-11-4-3-10(13)6-16-11/h3-4,6,9H,5,7-8H2,1-2H3. The molecule has 0 atom stereocenters. The summed E-state index contributed by atoms with van der Waals surface area (Å²) in [7, 11) is 0. The first-order valence-electron chi connectivity index (χ1n) is 5.26. The fourth-order valence-corrected chi connectivity index (χ4v) is 2.84. The molecule has 90 valence electrons. The van der Waals surface area contributed by atoms with Crippen molar-refractivity contribution < 1.29 is 0 Å². The molecule has 0 amide bonds. The predicted molar refractivity (Wildman–Crippen MR) is 74.4 cm³/mol. The minimum atomic E-state index is -0.0655. The topological polar surface area (TPSA) is 12.9 Å². The molecule has 0 saturated heterocycles. The molecule has 0 fully saturated rings. The van der Waals surface area contributed by atoms with E-state index in [1.165, 1.54) is 0 Å². The molecule has 1 nitrogen and oxygen atoms in total. The van der Waals surface area contributed by atoms with E-state index in [-0.39, 0.29) is 5.41 Å². The summed E-state index contributed by atoms with van der Waals surface area (Å²) in [6.45, 7) is 4.31. The first kappa shape index (κ1) is 14.3. The molecule has 1 aromatic heterocycles. The van der Waals surface area contributed by atoms with Crippen molar-refractivity contribution in [2.24, 2.45) is 11.3 Å². The summed E-state index contributed by atoms with van der Waals surface area (Å²) in [5.74, 6) is 1.56. The highest BCUT2D eigenvalue weighted by molar-refractivity contribution is 9.10. The van der Waals surface area contributed by atoms with Gasteiger partial charge in [-0.25, -0.2) is 0 Å². The van der Waals surface area contributed by atoms with Gasteiger partial charge in [0, 0.05) is 33.5 Å². The number of nitrogens with zero attached hydrogens (tertiary/aromatic N) is 1. The lowest BCUT2D eigenvalue weighted by Crippen LogP contribution is -2.34. The van der Waals surface area contributed by atoms with E-state index in [9.17, 15) is 0 Å². The van der Waals surface area contributed by atoms with E-state index in [0.717, 1.165) is 16.6 Å². The van der Waals surface area contributed by atoms with E-state index in [1.807, 2.05) is 18.3 Å². The third-order valence-electron chi connectivity index (χ3n) is 3.08. The molecular weight excluding hydrogens is 309 g/mol. The molecule has 0 N–H and O–H groups in total. The Balaban J connectivity index is 2.87. The number of alkyl halides is 2. The Morgan fingerprint density at radius 1 is 1.31 bits per heavy atom. The van der Waals surface area contributed by atoms with E-state index in [2.05, 4.69) is 34.8 Å². The Labute approximate surface area is 116 Å². The van der Waals surface area contributed by atoms with Gasteiger partial charge in [0.15, 0.2) is 0 Å². The van der Waals surface area contributed by atoms with Crippen LogP contribution in [0.1, 0.15) is 19.5 Å². The van der Waals surface area contributed by atoms with E-state index in [0.29, 0.717) is 17.7 Å². The molecule has 0 aliphatic carbocycles. The van der Waals surface area contributed by atoms with Crippen molar-refractivity contribution in [1.82, 2.24) is 4.98 Å². The maximum Gasteiger partial charge on any atom is 0.0413 e. The molecule has 0 radical (unpaired) electrons. The molecule has 1 aromatic rings. The van der Waals surface area contributed by atoms with Crippen LogP contribution in [0.15, 0.2) is 22.8 Å². The van der Waals surface area contributed by atoms with Crippen LogP contribution in [-0.2, 0) is 6.42 Å². The summed E-state index contributed by atoms with van der Waals surface area (Å²) in [5, 5.41) is 0. The van der Waals surface area contributed by atoms with Gasteiger partial charge in [0.1, 0.15) is 0 Å². The van der Waals surface area contributed by atoms with E-state index in [4.69, 9.17) is 23.2 Å². The zero-order valence-electron chi connectivity index (χ0n) is 9.51. The molecule has 0 aliphatic rings. The van der Waals surface area contributed by atoms with Crippen LogP contribution in [0.5, 0.6) is 0 Å². The van der Waals surface area contributed by atoms with E-state index < -0.39 is 0 Å². The summed E-state index contributed by atoms with van der Waals surface area (Å²) >= 11 is 15.5. The maximum atomic E-state index is 6.08. The van der Waals surface area contributed by atoms with Crippen LogP contribution >= 0.6 is 39.1 Å². The Morgan fingerprint density at radius 2 is 1.94 bits per heavy atom. The highest BCUT2D eigenvalue weighted by atomic mass is 79.9. The lowest BCUT2D eigenvalue weighted by atomic mass is 9.77. The molecule has 16 heavy (non-hydrogen) atoms. The first-order valence-corrected chi connectivity index (χ1v) is 7.12. The number of hydrogen-bond acceptors (Lipinski definition) is 1. The van der Waals surface area contributed by atoms with Crippen molar-refractivity contribution in [1.29, 1.82) is 0 Å². The average Bonchev–Trinajstić information content (AvgIpc) is 2.28. The van der Waals surface area contributed by atoms with Gasteiger partial charge in [-0.1, -0.05) is 13.8 Å². The van der Waals surface area contributed by atoms with E-state index in [1.54, 1.807) is 0 Å². The second kappa shape index (κ2) is 6.23.